The summed E-state index contributed by atoms with van der Waals surface area (Å²) in [7, 11) is 0. The van der Waals surface area contributed by atoms with Crippen LogP contribution in [0.2, 0.25) is 0 Å². The number of hydrogen-bond acceptors (Lipinski definition) is 6. The average molecular weight is 289 g/mol. The maximum atomic E-state index is 5.71. The second-order valence-electron chi connectivity index (χ2n) is 5.87. The monoisotopic (exact) mass is 289 g/mol. The maximum Gasteiger partial charge on any atom is 0.283 e. The molecule has 0 aromatic carbocycles. The van der Waals surface area contributed by atoms with Crippen LogP contribution in [-0.2, 0) is 11.3 Å². The highest BCUT2D eigenvalue weighted by Crippen LogP contribution is 2.30. The van der Waals surface area contributed by atoms with Crippen molar-refractivity contribution in [3.63, 3.8) is 0 Å². The Labute approximate surface area is 123 Å². The van der Waals surface area contributed by atoms with Gasteiger partial charge in [0.1, 0.15) is 0 Å². The Morgan fingerprint density at radius 1 is 1.24 bits per heavy atom. The molecule has 3 heterocycles. The van der Waals surface area contributed by atoms with Crippen LogP contribution in [0.3, 0.4) is 0 Å². The molecule has 6 heteroatoms. The zero-order valence-corrected chi connectivity index (χ0v) is 11.9. The van der Waals surface area contributed by atoms with Crippen LogP contribution >= 0.6 is 0 Å². The molecule has 2 aromatic rings. The van der Waals surface area contributed by atoms with E-state index in [0.717, 1.165) is 32.7 Å². The largest absolute Gasteiger partial charge is 0.459 e. The number of furan rings is 1. The Kier molecular flexibility index (Phi) is 3.48. The molecule has 1 saturated heterocycles. The molecule has 2 fully saturated rings. The standard InChI is InChI=1S/C15H19N3O3/c1-2-13(20-6-1)15-17-16-14(21-15)9-18(12-3-4-12)8-11-5-7-19-10-11/h1-2,6,11-12H,3-5,7-10H2. The lowest BCUT2D eigenvalue weighted by molar-refractivity contribution is 0.156. The highest BCUT2D eigenvalue weighted by Gasteiger charge is 2.32. The summed E-state index contributed by atoms with van der Waals surface area (Å²) in [6, 6.07) is 4.31. The molecule has 0 amide bonds. The van der Waals surface area contributed by atoms with E-state index in [1.165, 1.54) is 12.8 Å². The van der Waals surface area contributed by atoms with Gasteiger partial charge in [0, 0.05) is 19.2 Å². The van der Waals surface area contributed by atoms with Crippen molar-refractivity contribution in [2.45, 2.75) is 31.8 Å². The molecular formula is C15H19N3O3. The normalized spacial score (nSPS) is 22.2. The molecule has 4 rings (SSSR count). The topological polar surface area (TPSA) is 64.5 Å². The van der Waals surface area contributed by atoms with Crippen LogP contribution in [0.4, 0.5) is 0 Å². The minimum absolute atomic E-state index is 0.454. The van der Waals surface area contributed by atoms with Gasteiger partial charge < -0.3 is 13.6 Å². The van der Waals surface area contributed by atoms with Crippen LogP contribution < -0.4 is 0 Å². The predicted molar refractivity (Wildman–Crippen MR) is 74.4 cm³/mol. The number of hydrogen-bond donors (Lipinski definition) is 0. The van der Waals surface area contributed by atoms with Gasteiger partial charge in [0.15, 0.2) is 5.76 Å². The first-order valence-electron chi connectivity index (χ1n) is 7.56. The van der Waals surface area contributed by atoms with E-state index in [1.807, 2.05) is 12.1 Å². The van der Waals surface area contributed by atoms with Gasteiger partial charge in [-0.3, -0.25) is 4.90 Å². The lowest BCUT2D eigenvalue weighted by Gasteiger charge is -2.22. The van der Waals surface area contributed by atoms with Crippen molar-refractivity contribution in [3.05, 3.63) is 24.3 Å². The minimum atomic E-state index is 0.454. The molecule has 112 valence electrons. The Morgan fingerprint density at radius 2 is 2.19 bits per heavy atom. The summed E-state index contributed by atoms with van der Waals surface area (Å²) in [4.78, 5) is 2.46. The fourth-order valence-electron chi connectivity index (χ4n) is 2.83. The summed E-state index contributed by atoms with van der Waals surface area (Å²) in [6.07, 6.45) is 5.31. The summed E-state index contributed by atoms with van der Waals surface area (Å²) >= 11 is 0. The molecule has 2 aromatic heterocycles. The molecular weight excluding hydrogens is 270 g/mol. The third-order valence-corrected chi connectivity index (χ3v) is 4.12. The minimum Gasteiger partial charge on any atom is -0.459 e. The number of ether oxygens (including phenoxy) is 1. The van der Waals surface area contributed by atoms with E-state index in [9.17, 15) is 0 Å². The summed E-state index contributed by atoms with van der Waals surface area (Å²) in [5.74, 6) is 2.37. The molecule has 6 nitrogen and oxygen atoms in total. The summed E-state index contributed by atoms with van der Waals surface area (Å²) in [6.45, 7) is 3.55. The first kappa shape index (κ1) is 13.0. The fraction of sp³-hybridized carbons (Fsp3) is 0.600. The van der Waals surface area contributed by atoms with Gasteiger partial charge >= 0.3 is 0 Å². The smallest absolute Gasteiger partial charge is 0.283 e. The van der Waals surface area contributed by atoms with E-state index in [1.54, 1.807) is 6.26 Å². The Bertz CT molecular complexity index is 571. The number of rotatable bonds is 6. The van der Waals surface area contributed by atoms with Crippen molar-refractivity contribution in [3.8, 4) is 11.7 Å². The molecule has 0 radical (unpaired) electrons. The van der Waals surface area contributed by atoms with E-state index in [-0.39, 0.29) is 0 Å². The zero-order valence-electron chi connectivity index (χ0n) is 11.9. The van der Waals surface area contributed by atoms with Gasteiger partial charge in [0.25, 0.3) is 5.89 Å². The lowest BCUT2D eigenvalue weighted by Crippen LogP contribution is -2.31. The molecule has 0 spiro atoms. The second-order valence-corrected chi connectivity index (χ2v) is 5.87. The van der Waals surface area contributed by atoms with Crippen molar-refractivity contribution < 1.29 is 13.6 Å². The lowest BCUT2D eigenvalue weighted by atomic mass is 10.1. The molecule has 1 atom stereocenters. The average Bonchev–Trinajstić information content (AvgIpc) is 2.93. The quantitative estimate of drug-likeness (QED) is 0.813. The first-order chi connectivity index (χ1) is 10.4. The highest BCUT2D eigenvalue weighted by molar-refractivity contribution is 5.42. The van der Waals surface area contributed by atoms with Crippen molar-refractivity contribution in [2.24, 2.45) is 5.92 Å². The van der Waals surface area contributed by atoms with Crippen LogP contribution in [0.25, 0.3) is 11.7 Å². The number of nitrogens with zero attached hydrogens (tertiary/aromatic N) is 3. The fourth-order valence-corrected chi connectivity index (χ4v) is 2.83. The van der Waals surface area contributed by atoms with Crippen molar-refractivity contribution in [1.29, 1.82) is 0 Å². The van der Waals surface area contributed by atoms with Gasteiger partial charge in [-0.25, -0.2) is 0 Å². The molecule has 0 bridgehead atoms. The molecule has 0 N–H and O–H groups in total. The Balaban J connectivity index is 1.43. The van der Waals surface area contributed by atoms with Gasteiger partial charge in [0.05, 0.1) is 19.4 Å². The third kappa shape index (κ3) is 3.01. The molecule has 1 unspecified atom stereocenters. The van der Waals surface area contributed by atoms with Crippen molar-refractivity contribution >= 4 is 0 Å². The maximum absolute atomic E-state index is 5.71. The van der Waals surface area contributed by atoms with E-state index in [4.69, 9.17) is 13.6 Å². The second kappa shape index (κ2) is 5.61. The van der Waals surface area contributed by atoms with Gasteiger partial charge in [-0.1, -0.05) is 0 Å². The van der Waals surface area contributed by atoms with E-state index >= 15 is 0 Å². The summed E-state index contributed by atoms with van der Waals surface area (Å²) in [5, 5.41) is 8.21. The van der Waals surface area contributed by atoms with Gasteiger partial charge in [-0.2, -0.15) is 0 Å². The summed E-state index contributed by atoms with van der Waals surface area (Å²) in [5.41, 5.74) is 0. The predicted octanol–water partition coefficient (Wildman–Crippen LogP) is 2.33. The van der Waals surface area contributed by atoms with Crippen LogP contribution in [-0.4, -0.2) is 40.9 Å². The van der Waals surface area contributed by atoms with Crippen molar-refractivity contribution in [2.75, 3.05) is 19.8 Å². The van der Waals surface area contributed by atoms with Gasteiger partial charge in [-0.05, 0) is 37.3 Å². The van der Waals surface area contributed by atoms with Crippen molar-refractivity contribution in [1.82, 2.24) is 15.1 Å². The Hall–Kier alpha value is -1.66. The highest BCUT2D eigenvalue weighted by atomic mass is 16.5. The molecule has 1 saturated carbocycles. The summed E-state index contributed by atoms with van der Waals surface area (Å²) < 4.78 is 16.5. The van der Waals surface area contributed by atoms with Crippen LogP contribution in [0, 0.1) is 5.92 Å². The van der Waals surface area contributed by atoms with Gasteiger partial charge in [-0.15, -0.1) is 10.2 Å². The van der Waals surface area contributed by atoms with E-state index in [0.29, 0.717) is 29.5 Å². The molecule has 21 heavy (non-hydrogen) atoms. The zero-order chi connectivity index (χ0) is 14.1. The first-order valence-corrected chi connectivity index (χ1v) is 7.56. The third-order valence-electron chi connectivity index (χ3n) is 4.12. The van der Waals surface area contributed by atoms with Crippen LogP contribution in [0.15, 0.2) is 27.2 Å². The van der Waals surface area contributed by atoms with E-state index < -0.39 is 0 Å². The van der Waals surface area contributed by atoms with Gasteiger partial charge in [0.2, 0.25) is 5.89 Å². The SMILES string of the molecule is c1coc(-c2nnc(CN(CC3CCOC3)C3CC3)o2)c1. The van der Waals surface area contributed by atoms with E-state index in [2.05, 4.69) is 15.1 Å². The Morgan fingerprint density at radius 3 is 2.90 bits per heavy atom. The molecule has 1 aliphatic carbocycles. The number of aromatic nitrogens is 2. The molecule has 1 aliphatic heterocycles. The molecule has 2 aliphatic rings. The van der Waals surface area contributed by atoms with Crippen LogP contribution in [0.1, 0.15) is 25.2 Å². The van der Waals surface area contributed by atoms with Crippen LogP contribution in [0.5, 0.6) is 0 Å².